The lowest BCUT2D eigenvalue weighted by Crippen LogP contribution is -1.94. The molecule has 1 aromatic heterocycles. The molecule has 0 fully saturated rings. The lowest BCUT2D eigenvalue weighted by molar-refractivity contribution is 0.505. The Labute approximate surface area is 78.2 Å². The second-order valence-electron chi connectivity index (χ2n) is 3.00. The minimum absolute atomic E-state index is 0.131. The summed E-state index contributed by atoms with van der Waals surface area (Å²) in [6.07, 6.45) is 0. The Kier molecular flexibility index (Phi) is 1.91. The van der Waals surface area contributed by atoms with E-state index in [0.717, 1.165) is 0 Å². The highest BCUT2D eigenvalue weighted by Gasteiger charge is 2.12. The van der Waals surface area contributed by atoms with Crippen LogP contribution < -0.4 is 0 Å². The van der Waals surface area contributed by atoms with Gasteiger partial charge in [0.15, 0.2) is 17.5 Å². The van der Waals surface area contributed by atoms with E-state index < -0.39 is 17.5 Å². The summed E-state index contributed by atoms with van der Waals surface area (Å²) < 4.78 is 39.0. The summed E-state index contributed by atoms with van der Waals surface area (Å²) in [5.74, 6) is -3.10. The molecule has 0 spiro atoms. The van der Waals surface area contributed by atoms with Gasteiger partial charge in [0.2, 0.25) is 0 Å². The van der Waals surface area contributed by atoms with Gasteiger partial charge in [-0.3, -0.25) is 0 Å². The third-order valence-electron chi connectivity index (χ3n) is 1.96. The molecule has 2 rings (SSSR count). The summed E-state index contributed by atoms with van der Waals surface area (Å²) in [6.45, 7) is 1.65. The first-order chi connectivity index (χ1) is 6.59. The second kappa shape index (κ2) is 2.97. The van der Waals surface area contributed by atoms with Crippen molar-refractivity contribution < 1.29 is 13.2 Å². The van der Waals surface area contributed by atoms with Gasteiger partial charge in [0.25, 0.3) is 0 Å². The summed E-state index contributed by atoms with van der Waals surface area (Å²) in [6, 6.07) is 3.33. The molecule has 0 aliphatic carbocycles. The van der Waals surface area contributed by atoms with Crippen molar-refractivity contribution in [3.05, 3.63) is 41.3 Å². The van der Waals surface area contributed by atoms with Gasteiger partial charge in [-0.25, -0.2) is 18.2 Å². The summed E-state index contributed by atoms with van der Waals surface area (Å²) in [7, 11) is 0. The van der Waals surface area contributed by atoms with E-state index in [1.165, 1.54) is 12.1 Å². The molecule has 0 aliphatic rings. The molecular formula is C10H6F3N. The van der Waals surface area contributed by atoms with Gasteiger partial charge in [-0.15, -0.1) is 0 Å². The van der Waals surface area contributed by atoms with Crippen LogP contribution in [-0.4, -0.2) is 4.98 Å². The van der Waals surface area contributed by atoms with Crippen molar-refractivity contribution in [1.82, 2.24) is 4.98 Å². The maximum Gasteiger partial charge on any atom is 0.168 e. The highest BCUT2D eigenvalue weighted by molar-refractivity contribution is 5.80. The van der Waals surface area contributed by atoms with Gasteiger partial charge in [0, 0.05) is 17.1 Å². The molecular weight excluding hydrogens is 191 g/mol. The average molecular weight is 197 g/mol. The van der Waals surface area contributed by atoms with Gasteiger partial charge in [-0.2, -0.15) is 0 Å². The van der Waals surface area contributed by atoms with E-state index in [1.807, 2.05) is 0 Å². The van der Waals surface area contributed by atoms with E-state index in [2.05, 4.69) is 4.98 Å². The van der Waals surface area contributed by atoms with Crippen LogP contribution in [0.2, 0.25) is 0 Å². The first-order valence-corrected chi connectivity index (χ1v) is 4.00. The fourth-order valence-electron chi connectivity index (χ4n) is 1.29. The minimum Gasteiger partial charge on any atom is -0.250 e. The molecule has 0 atom stereocenters. The largest absolute Gasteiger partial charge is 0.250 e. The Bertz CT molecular complexity index is 508. The Hall–Kier alpha value is -1.58. The molecule has 0 amide bonds. The highest BCUT2D eigenvalue weighted by atomic mass is 19.2. The third-order valence-corrected chi connectivity index (χ3v) is 1.96. The summed E-state index contributed by atoms with van der Waals surface area (Å²) in [4.78, 5) is 3.80. The molecule has 0 saturated heterocycles. The van der Waals surface area contributed by atoms with Crippen LogP contribution in [-0.2, 0) is 0 Å². The number of pyridine rings is 1. The molecule has 0 saturated carbocycles. The van der Waals surface area contributed by atoms with Gasteiger partial charge in [0.1, 0.15) is 5.52 Å². The monoisotopic (exact) mass is 197 g/mol. The quantitative estimate of drug-likeness (QED) is 0.591. The number of hydrogen-bond donors (Lipinski definition) is 0. The Morgan fingerprint density at radius 3 is 2.50 bits per heavy atom. The van der Waals surface area contributed by atoms with E-state index in [4.69, 9.17) is 0 Å². The Morgan fingerprint density at radius 1 is 1.07 bits per heavy atom. The number of aromatic nitrogens is 1. The molecule has 0 unspecified atom stereocenters. The standard InChI is InChI=1S/C10H6F3N/c1-5-2-3-6-9(13)7(11)4-8(12)10(6)14-5/h2-4H,1H3. The van der Waals surface area contributed by atoms with Crippen LogP contribution in [0.4, 0.5) is 13.2 Å². The molecule has 0 N–H and O–H groups in total. The van der Waals surface area contributed by atoms with E-state index in [9.17, 15) is 13.2 Å². The van der Waals surface area contributed by atoms with E-state index in [-0.39, 0.29) is 10.9 Å². The number of rotatable bonds is 0. The lowest BCUT2D eigenvalue weighted by Gasteiger charge is -2.02. The number of halogens is 3. The van der Waals surface area contributed by atoms with E-state index in [1.54, 1.807) is 6.92 Å². The van der Waals surface area contributed by atoms with Crippen LogP contribution in [0, 0.1) is 24.4 Å². The van der Waals surface area contributed by atoms with Crippen molar-refractivity contribution >= 4 is 10.9 Å². The zero-order valence-corrected chi connectivity index (χ0v) is 7.31. The van der Waals surface area contributed by atoms with Crippen LogP contribution in [0.3, 0.4) is 0 Å². The Morgan fingerprint density at radius 2 is 1.79 bits per heavy atom. The van der Waals surface area contributed by atoms with Crippen molar-refractivity contribution in [2.75, 3.05) is 0 Å². The van der Waals surface area contributed by atoms with Gasteiger partial charge >= 0.3 is 0 Å². The van der Waals surface area contributed by atoms with Crippen LogP contribution in [0.1, 0.15) is 5.69 Å². The average Bonchev–Trinajstić information content (AvgIpc) is 2.14. The van der Waals surface area contributed by atoms with Gasteiger partial charge in [-0.05, 0) is 19.1 Å². The fourth-order valence-corrected chi connectivity index (χ4v) is 1.29. The van der Waals surface area contributed by atoms with Crippen LogP contribution >= 0.6 is 0 Å². The molecule has 1 aromatic carbocycles. The van der Waals surface area contributed by atoms with Crippen molar-refractivity contribution in [3.63, 3.8) is 0 Å². The maximum absolute atomic E-state index is 13.1. The molecule has 14 heavy (non-hydrogen) atoms. The molecule has 72 valence electrons. The number of hydrogen-bond acceptors (Lipinski definition) is 1. The summed E-state index contributed by atoms with van der Waals surface area (Å²) in [5.41, 5.74) is 0.423. The molecule has 1 heterocycles. The predicted octanol–water partition coefficient (Wildman–Crippen LogP) is 2.96. The van der Waals surface area contributed by atoms with Crippen LogP contribution in [0.15, 0.2) is 18.2 Å². The number of benzene rings is 1. The predicted molar refractivity (Wildman–Crippen MR) is 46.4 cm³/mol. The first-order valence-electron chi connectivity index (χ1n) is 4.00. The minimum atomic E-state index is -1.19. The zero-order valence-electron chi connectivity index (χ0n) is 7.31. The summed E-state index contributed by atoms with van der Waals surface area (Å²) in [5, 5.41) is -0.131. The first kappa shape index (κ1) is 8.99. The molecule has 4 heteroatoms. The highest BCUT2D eigenvalue weighted by Crippen LogP contribution is 2.21. The lowest BCUT2D eigenvalue weighted by atomic mass is 10.2. The summed E-state index contributed by atoms with van der Waals surface area (Å²) >= 11 is 0. The second-order valence-corrected chi connectivity index (χ2v) is 3.00. The topological polar surface area (TPSA) is 12.9 Å². The molecule has 2 aromatic rings. The number of nitrogens with zero attached hydrogens (tertiary/aromatic N) is 1. The zero-order chi connectivity index (χ0) is 10.3. The van der Waals surface area contributed by atoms with Crippen molar-refractivity contribution in [2.24, 2.45) is 0 Å². The van der Waals surface area contributed by atoms with Gasteiger partial charge < -0.3 is 0 Å². The van der Waals surface area contributed by atoms with Crippen molar-refractivity contribution in [3.8, 4) is 0 Å². The fraction of sp³-hybridized carbons (Fsp3) is 0.100. The maximum atomic E-state index is 13.1. The van der Waals surface area contributed by atoms with Crippen molar-refractivity contribution in [1.29, 1.82) is 0 Å². The molecule has 0 radical (unpaired) electrons. The molecule has 0 aliphatic heterocycles. The third kappa shape index (κ3) is 1.23. The van der Waals surface area contributed by atoms with E-state index in [0.29, 0.717) is 11.8 Å². The van der Waals surface area contributed by atoms with Crippen LogP contribution in [0.25, 0.3) is 10.9 Å². The smallest absolute Gasteiger partial charge is 0.168 e. The normalized spacial score (nSPS) is 10.9. The van der Waals surface area contributed by atoms with Crippen molar-refractivity contribution in [2.45, 2.75) is 6.92 Å². The van der Waals surface area contributed by atoms with Gasteiger partial charge in [0.05, 0.1) is 0 Å². The molecule has 0 bridgehead atoms. The molecule has 1 nitrogen and oxygen atoms in total. The van der Waals surface area contributed by atoms with Gasteiger partial charge in [-0.1, -0.05) is 0 Å². The Balaban J connectivity index is 2.94. The number of fused-ring (bicyclic) bond motifs is 1. The van der Waals surface area contributed by atoms with Crippen LogP contribution in [0.5, 0.6) is 0 Å². The number of aryl methyl sites for hydroxylation is 1. The van der Waals surface area contributed by atoms with E-state index >= 15 is 0 Å². The SMILES string of the molecule is Cc1ccc2c(F)c(F)cc(F)c2n1.